The minimum absolute atomic E-state index is 0.165. The fourth-order valence-electron chi connectivity index (χ4n) is 1.91. The van der Waals surface area contributed by atoms with Crippen molar-refractivity contribution in [2.45, 2.75) is 32.9 Å². The van der Waals surface area contributed by atoms with Crippen molar-refractivity contribution in [2.24, 2.45) is 0 Å². The number of amides is 1. The number of aromatic amines is 1. The number of aromatic nitrogens is 2. The molecule has 23 heavy (non-hydrogen) atoms. The molecule has 0 saturated heterocycles. The molecule has 0 radical (unpaired) electrons. The molecule has 0 saturated carbocycles. The van der Waals surface area contributed by atoms with Gasteiger partial charge >= 0.3 is 6.09 Å². The lowest BCUT2D eigenvalue weighted by Crippen LogP contribution is -2.42. The highest BCUT2D eigenvalue weighted by molar-refractivity contribution is 5.68. The van der Waals surface area contributed by atoms with E-state index in [1.165, 1.54) is 0 Å². The molecule has 1 N–H and O–H groups in total. The predicted octanol–water partition coefficient (Wildman–Crippen LogP) is 3.32. The van der Waals surface area contributed by atoms with Gasteiger partial charge in [0.25, 0.3) is 0 Å². The second-order valence-electron chi connectivity index (χ2n) is 6.22. The van der Waals surface area contributed by atoms with E-state index < -0.39 is 0 Å². The molecule has 0 unspecified atom stereocenters. The van der Waals surface area contributed by atoms with Crippen molar-refractivity contribution >= 4 is 6.09 Å². The molecule has 0 spiro atoms. The number of rotatable bonds is 3. The third kappa shape index (κ3) is 3.89. The molecule has 1 amide bonds. The van der Waals surface area contributed by atoms with Gasteiger partial charge in [0.2, 0.25) is 0 Å². The number of carbonyl (C=O) groups excluding carboxylic acids is 1. The Morgan fingerprint density at radius 2 is 2.22 bits per heavy atom. The van der Waals surface area contributed by atoms with E-state index in [0.29, 0.717) is 5.69 Å². The third-order valence-electron chi connectivity index (χ3n) is 3.59. The minimum Gasteiger partial charge on any atom is -0.444 e. The van der Waals surface area contributed by atoms with Crippen LogP contribution in [0.5, 0.6) is 0 Å². The van der Waals surface area contributed by atoms with Gasteiger partial charge in [0.1, 0.15) is 18.4 Å². The van der Waals surface area contributed by atoms with Crippen LogP contribution < -0.4 is 0 Å². The second-order valence-corrected chi connectivity index (χ2v) is 6.22. The van der Waals surface area contributed by atoms with Crippen LogP contribution >= 0.6 is 0 Å². The highest BCUT2D eigenvalue weighted by atomic mass is 16.6. The van der Waals surface area contributed by atoms with Gasteiger partial charge in [-0.15, -0.1) is 0 Å². The van der Waals surface area contributed by atoms with Gasteiger partial charge in [0, 0.05) is 41.8 Å². The smallest absolute Gasteiger partial charge is 0.410 e. The number of H-pyrrole nitrogens is 1. The summed E-state index contributed by atoms with van der Waals surface area (Å²) in [4.78, 5) is 20.6. The van der Waals surface area contributed by atoms with Crippen molar-refractivity contribution < 1.29 is 9.53 Å². The fraction of sp³-hybridized carbons (Fsp3) is 0.353. The molecule has 6 heteroatoms. The molecular weight excluding hydrogens is 292 g/mol. The average molecular weight is 312 g/mol. The van der Waals surface area contributed by atoms with E-state index in [1.54, 1.807) is 30.4 Å². The first-order chi connectivity index (χ1) is 10.8. The molecule has 0 aliphatic rings. The molecule has 2 aromatic heterocycles. The molecular formula is C17H20N4O2. The van der Waals surface area contributed by atoms with Gasteiger partial charge in [-0.25, -0.2) is 9.78 Å². The normalized spacial score (nSPS) is 10.9. The summed E-state index contributed by atoms with van der Waals surface area (Å²) in [6.45, 7) is 5.98. The topological polar surface area (TPSA) is 82.0 Å². The van der Waals surface area contributed by atoms with Gasteiger partial charge < -0.3 is 14.6 Å². The van der Waals surface area contributed by atoms with E-state index in [4.69, 9.17) is 10.00 Å². The van der Waals surface area contributed by atoms with Crippen molar-refractivity contribution in [3.63, 3.8) is 0 Å². The Kier molecular flexibility index (Phi) is 4.70. The Morgan fingerprint density at radius 3 is 2.87 bits per heavy atom. The van der Waals surface area contributed by atoms with E-state index in [0.717, 1.165) is 16.8 Å². The van der Waals surface area contributed by atoms with E-state index in [9.17, 15) is 4.79 Å². The number of nitrogens with one attached hydrogen (secondary N) is 1. The molecule has 0 fully saturated rings. The van der Waals surface area contributed by atoms with Crippen molar-refractivity contribution in [1.82, 2.24) is 14.9 Å². The van der Waals surface area contributed by atoms with Gasteiger partial charge in [0.15, 0.2) is 0 Å². The summed E-state index contributed by atoms with van der Waals surface area (Å²) in [5, 5.41) is 9.10. The van der Waals surface area contributed by atoms with E-state index in [2.05, 4.69) is 16.0 Å². The number of hydrogen-bond donors (Lipinski definition) is 1. The number of nitrogens with zero attached hydrogens (tertiary/aromatic N) is 3. The molecule has 0 atom stereocenters. The maximum atomic E-state index is 12.0. The van der Waals surface area contributed by atoms with Gasteiger partial charge in [0.05, 0.1) is 0 Å². The molecule has 0 bridgehead atoms. The Balaban J connectivity index is 2.06. The number of hydrogen-bond acceptors (Lipinski definition) is 4. The molecule has 6 nitrogen and oxygen atoms in total. The summed E-state index contributed by atoms with van der Waals surface area (Å²) < 4.78 is 5.31. The van der Waals surface area contributed by atoms with Crippen molar-refractivity contribution in [3.8, 4) is 17.3 Å². The number of pyridine rings is 1. The zero-order valence-electron chi connectivity index (χ0n) is 13.8. The first kappa shape index (κ1) is 16.6. The average Bonchev–Trinajstić information content (AvgIpc) is 2.99. The lowest BCUT2D eigenvalue weighted by atomic mass is 10.1. The molecule has 0 aliphatic heterocycles. The van der Waals surface area contributed by atoms with Crippen LogP contribution in [0.25, 0.3) is 11.3 Å². The second kappa shape index (κ2) is 6.53. The Labute approximate surface area is 135 Å². The van der Waals surface area contributed by atoms with Crippen LogP contribution in [0.4, 0.5) is 4.79 Å². The highest BCUT2D eigenvalue weighted by Crippen LogP contribution is 2.22. The largest absolute Gasteiger partial charge is 0.444 e. The van der Waals surface area contributed by atoms with E-state index in [1.807, 2.05) is 32.9 Å². The van der Waals surface area contributed by atoms with Crippen molar-refractivity contribution in [2.75, 3.05) is 7.05 Å². The van der Waals surface area contributed by atoms with Crippen molar-refractivity contribution in [3.05, 3.63) is 41.9 Å². The summed E-state index contributed by atoms with van der Waals surface area (Å²) in [5.41, 5.74) is 2.37. The summed E-state index contributed by atoms with van der Waals surface area (Å²) in [6.07, 6.45) is 2.96. The minimum atomic E-state index is -0.376. The fourth-order valence-corrected chi connectivity index (χ4v) is 1.91. The van der Waals surface area contributed by atoms with Crippen LogP contribution in [0, 0.1) is 11.3 Å². The van der Waals surface area contributed by atoms with Crippen molar-refractivity contribution in [1.29, 1.82) is 5.26 Å². The van der Waals surface area contributed by atoms with Crippen LogP contribution in [-0.4, -0.2) is 33.5 Å². The first-order valence-corrected chi connectivity index (χ1v) is 7.26. The Morgan fingerprint density at radius 1 is 1.48 bits per heavy atom. The van der Waals surface area contributed by atoms with E-state index >= 15 is 0 Å². The molecule has 2 aromatic rings. The predicted molar refractivity (Wildman–Crippen MR) is 86.4 cm³/mol. The van der Waals surface area contributed by atoms with Crippen LogP contribution in [0.2, 0.25) is 0 Å². The SMILES string of the molecule is CN(C(=O)OCc1c[nH]c(-c2cccnc2C#N)c1)C(C)(C)C. The highest BCUT2D eigenvalue weighted by Gasteiger charge is 2.23. The van der Waals surface area contributed by atoms with E-state index in [-0.39, 0.29) is 18.2 Å². The van der Waals surface area contributed by atoms with Crippen LogP contribution in [0.3, 0.4) is 0 Å². The quantitative estimate of drug-likeness (QED) is 0.942. The number of ether oxygens (including phenoxy) is 1. The summed E-state index contributed by atoms with van der Waals surface area (Å²) in [7, 11) is 1.71. The van der Waals surface area contributed by atoms with Gasteiger partial charge in [-0.3, -0.25) is 0 Å². The first-order valence-electron chi connectivity index (χ1n) is 7.26. The third-order valence-corrected chi connectivity index (χ3v) is 3.59. The van der Waals surface area contributed by atoms with Gasteiger partial charge in [-0.2, -0.15) is 5.26 Å². The lowest BCUT2D eigenvalue weighted by Gasteiger charge is -2.30. The zero-order valence-corrected chi connectivity index (χ0v) is 13.8. The summed E-state index contributed by atoms with van der Waals surface area (Å²) >= 11 is 0. The summed E-state index contributed by atoms with van der Waals surface area (Å²) in [5.74, 6) is 0. The lowest BCUT2D eigenvalue weighted by molar-refractivity contribution is 0.0760. The molecule has 0 aromatic carbocycles. The Hall–Kier alpha value is -2.81. The summed E-state index contributed by atoms with van der Waals surface area (Å²) in [6, 6.07) is 7.50. The zero-order chi connectivity index (χ0) is 17.0. The monoisotopic (exact) mass is 312 g/mol. The Bertz CT molecular complexity index is 738. The van der Waals surface area contributed by atoms with Crippen LogP contribution in [0.1, 0.15) is 32.0 Å². The number of carbonyl (C=O) groups is 1. The number of nitriles is 1. The van der Waals surface area contributed by atoms with Gasteiger partial charge in [-0.1, -0.05) is 0 Å². The molecule has 2 heterocycles. The molecule has 0 aliphatic carbocycles. The maximum absolute atomic E-state index is 12.0. The standard InChI is InChI=1S/C17H20N4O2/c1-17(2,3)21(4)16(22)23-11-12-8-14(20-10-12)13-6-5-7-19-15(13)9-18/h5-8,10,20H,11H2,1-4H3. The maximum Gasteiger partial charge on any atom is 0.410 e. The molecule has 2 rings (SSSR count). The molecule has 120 valence electrons. The van der Waals surface area contributed by atoms with Crippen LogP contribution in [0.15, 0.2) is 30.6 Å². The van der Waals surface area contributed by atoms with Gasteiger partial charge in [-0.05, 0) is 39.0 Å². The van der Waals surface area contributed by atoms with Crippen LogP contribution in [-0.2, 0) is 11.3 Å².